The smallest absolute Gasteiger partial charge is 0.0117 e. The van der Waals surface area contributed by atoms with E-state index in [-0.39, 0.29) is 0 Å². The van der Waals surface area contributed by atoms with Crippen LogP contribution in [0.5, 0.6) is 0 Å². The molecule has 0 amide bonds. The third kappa shape index (κ3) is 5.55. The van der Waals surface area contributed by atoms with Crippen LogP contribution in [0.25, 0.3) is 0 Å². The Bertz CT molecular complexity index is 149. The Balaban J connectivity index is 4.35. The molecule has 2 atom stereocenters. The van der Waals surface area contributed by atoms with E-state index in [0.717, 1.165) is 23.8 Å². The topological polar surface area (TPSA) is 3.24 Å². The molecule has 0 aromatic rings. The normalized spacial score (nSPS) is 16.4. The second-order valence-corrected chi connectivity index (χ2v) is 5.82. The summed E-state index contributed by atoms with van der Waals surface area (Å²) in [6.07, 6.45) is 4.02. The summed E-state index contributed by atoms with van der Waals surface area (Å²) in [6, 6.07) is 0.753. The van der Waals surface area contributed by atoms with Gasteiger partial charge in [0.15, 0.2) is 0 Å². The Morgan fingerprint density at radius 3 is 1.73 bits per heavy atom. The molecule has 0 aliphatic carbocycles. The average Bonchev–Trinajstić information content (AvgIpc) is 2.10. The van der Waals surface area contributed by atoms with Crippen molar-refractivity contribution in [2.24, 2.45) is 17.8 Å². The summed E-state index contributed by atoms with van der Waals surface area (Å²) in [6.45, 7) is 11.7. The molecule has 0 radical (unpaired) electrons. The molecular weight excluding hydrogens is 182 g/mol. The summed E-state index contributed by atoms with van der Waals surface area (Å²) in [5.74, 6) is 2.49. The van der Waals surface area contributed by atoms with Crippen molar-refractivity contribution in [3.63, 3.8) is 0 Å². The highest BCUT2D eigenvalue weighted by Gasteiger charge is 2.24. The van der Waals surface area contributed by atoms with Crippen molar-refractivity contribution < 1.29 is 0 Å². The van der Waals surface area contributed by atoms with Crippen molar-refractivity contribution in [3.05, 3.63) is 0 Å². The minimum absolute atomic E-state index is 0.753. The maximum absolute atomic E-state index is 2.41. The van der Waals surface area contributed by atoms with E-state index >= 15 is 0 Å². The van der Waals surface area contributed by atoms with E-state index in [4.69, 9.17) is 0 Å². The maximum atomic E-state index is 2.41. The van der Waals surface area contributed by atoms with E-state index in [2.05, 4.69) is 53.6 Å². The van der Waals surface area contributed by atoms with Crippen LogP contribution in [0.1, 0.15) is 53.9 Å². The molecule has 15 heavy (non-hydrogen) atoms. The SMILES string of the molecule is CCC(C(CCC(C)C)C(C)C)N(C)C. The molecule has 0 saturated heterocycles. The second-order valence-electron chi connectivity index (χ2n) is 5.82. The predicted octanol–water partition coefficient (Wildman–Crippen LogP) is 4.04. The molecule has 0 N–H and O–H groups in total. The van der Waals surface area contributed by atoms with Crippen molar-refractivity contribution in [1.82, 2.24) is 4.90 Å². The van der Waals surface area contributed by atoms with Crippen molar-refractivity contribution >= 4 is 0 Å². The van der Waals surface area contributed by atoms with Gasteiger partial charge in [-0.2, -0.15) is 0 Å². The molecule has 92 valence electrons. The number of hydrogen-bond acceptors (Lipinski definition) is 1. The van der Waals surface area contributed by atoms with Gasteiger partial charge in [0.05, 0.1) is 0 Å². The average molecular weight is 213 g/mol. The minimum Gasteiger partial charge on any atom is -0.306 e. The summed E-state index contributed by atoms with van der Waals surface area (Å²) in [4.78, 5) is 2.41. The van der Waals surface area contributed by atoms with Gasteiger partial charge in [-0.25, -0.2) is 0 Å². The number of hydrogen-bond donors (Lipinski definition) is 0. The molecule has 0 aromatic heterocycles. The summed E-state index contributed by atoms with van der Waals surface area (Å²) in [5, 5.41) is 0. The molecule has 1 nitrogen and oxygen atoms in total. The molecule has 0 rings (SSSR count). The third-order valence-electron chi connectivity index (χ3n) is 3.51. The van der Waals surface area contributed by atoms with Gasteiger partial charge in [-0.1, -0.05) is 41.0 Å². The molecular formula is C14H31N. The van der Waals surface area contributed by atoms with Gasteiger partial charge in [0.2, 0.25) is 0 Å². The van der Waals surface area contributed by atoms with Gasteiger partial charge >= 0.3 is 0 Å². The molecule has 0 aromatic carbocycles. The largest absolute Gasteiger partial charge is 0.306 e. The molecule has 0 bridgehead atoms. The maximum Gasteiger partial charge on any atom is 0.0117 e. The zero-order chi connectivity index (χ0) is 12.0. The Hall–Kier alpha value is -0.0400. The monoisotopic (exact) mass is 213 g/mol. The van der Waals surface area contributed by atoms with Crippen molar-refractivity contribution in [2.75, 3.05) is 14.1 Å². The van der Waals surface area contributed by atoms with Gasteiger partial charge in [0, 0.05) is 6.04 Å². The van der Waals surface area contributed by atoms with Gasteiger partial charge in [-0.05, 0) is 44.7 Å². The van der Waals surface area contributed by atoms with E-state index in [1.165, 1.54) is 19.3 Å². The first-order valence-corrected chi connectivity index (χ1v) is 6.56. The fourth-order valence-corrected chi connectivity index (χ4v) is 2.55. The zero-order valence-corrected chi connectivity index (χ0v) is 11.9. The molecule has 2 unspecified atom stereocenters. The van der Waals surface area contributed by atoms with Crippen LogP contribution in [0, 0.1) is 17.8 Å². The van der Waals surface area contributed by atoms with Crippen LogP contribution in [0.15, 0.2) is 0 Å². The van der Waals surface area contributed by atoms with E-state index in [0.29, 0.717) is 0 Å². The van der Waals surface area contributed by atoms with Gasteiger partial charge in [0.1, 0.15) is 0 Å². The fraction of sp³-hybridized carbons (Fsp3) is 1.00. The Morgan fingerprint density at radius 1 is 0.933 bits per heavy atom. The van der Waals surface area contributed by atoms with Crippen LogP contribution in [0.4, 0.5) is 0 Å². The highest BCUT2D eigenvalue weighted by molar-refractivity contribution is 4.77. The summed E-state index contributed by atoms with van der Waals surface area (Å²) in [5.41, 5.74) is 0. The lowest BCUT2D eigenvalue weighted by Crippen LogP contribution is -2.37. The Labute approximate surface area is 97.2 Å². The summed E-state index contributed by atoms with van der Waals surface area (Å²) >= 11 is 0. The standard InChI is InChI=1S/C14H31N/c1-8-14(15(6)7)13(12(4)5)10-9-11(2)3/h11-14H,8-10H2,1-7H3. The lowest BCUT2D eigenvalue weighted by Gasteiger charge is -2.34. The van der Waals surface area contributed by atoms with Gasteiger partial charge in [0.25, 0.3) is 0 Å². The molecule has 0 aliphatic rings. The molecule has 0 aliphatic heterocycles. The van der Waals surface area contributed by atoms with Gasteiger partial charge in [-0.15, -0.1) is 0 Å². The zero-order valence-electron chi connectivity index (χ0n) is 11.9. The van der Waals surface area contributed by atoms with E-state index in [1.54, 1.807) is 0 Å². The molecule has 0 heterocycles. The first kappa shape index (κ1) is 15.0. The molecule has 0 spiro atoms. The highest BCUT2D eigenvalue weighted by Crippen LogP contribution is 2.27. The minimum atomic E-state index is 0.753. The highest BCUT2D eigenvalue weighted by atomic mass is 15.1. The van der Waals surface area contributed by atoms with Crippen LogP contribution in [0.3, 0.4) is 0 Å². The third-order valence-corrected chi connectivity index (χ3v) is 3.51. The van der Waals surface area contributed by atoms with E-state index in [1.807, 2.05) is 0 Å². The van der Waals surface area contributed by atoms with E-state index < -0.39 is 0 Å². The first-order valence-electron chi connectivity index (χ1n) is 6.56. The number of rotatable bonds is 7. The number of nitrogens with zero attached hydrogens (tertiary/aromatic N) is 1. The molecule has 0 saturated carbocycles. The lowest BCUT2D eigenvalue weighted by molar-refractivity contribution is 0.149. The van der Waals surface area contributed by atoms with Gasteiger partial charge in [-0.3, -0.25) is 0 Å². The predicted molar refractivity (Wildman–Crippen MR) is 70.2 cm³/mol. The van der Waals surface area contributed by atoms with Gasteiger partial charge < -0.3 is 4.90 Å². The Kier molecular flexibility index (Phi) is 7.25. The van der Waals surface area contributed by atoms with Crippen LogP contribution in [-0.4, -0.2) is 25.0 Å². The second kappa shape index (κ2) is 7.27. The lowest BCUT2D eigenvalue weighted by atomic mass is 9.81. The van der Waals surface area contributed by atoms with Crippen LogP contribution < -0.4 is 0 Å². The van der Waals surface area contributed by atoms with Crippen molar-refractivity contribution in [2.45, 2.75) is 59.9 Å². The van der Waals surface area contributed by atoms with E-state index in [9.17, 15) is 0 Å². The van der Waals surface area contributed by atoms with Crippen LogP contribution in [0.2, 0.25) is 0 Å². The van der Waals surface area contributed by atoms with Crippen LogP contribution >= 0.6 is 0 Å². The van der Waals surface area contributed by atoms with Crippen molar-refractivity contribution in [3.8, 4) is 0 Å². The van der Waals surface area contributed by atoms with Crippen LogP contribution in [-0.2, 0) is 0 Å². The summed E-state index contributed by atoms with van der Waals surface area (Å²) in [7, 11) is 4.44. The fourth-order valence-electron chi connectivity index (χ4n) is 2.55. The summed E-state index contributed by atoms with van der Waals surface area (Å²) < 4.78 is 0. The Morgan fingerprint density at radius 2 is 1.47 bits per heavy atom. The molecule has 1 heteroatoms. The quantitative estimate of drug-likeness (QED) is 0.617. The van der Waals surface area contributed by atoms with Crippen molar-refractivity contribution in [1.29, 1.82) is 0 Å². The molecule has 0 fully saturated rings. The first-order chi connectivity index (χ1) is 6.90.